The average molecular weight is 327 g/mol. The van der Waals surface area contributed by atoms with Crippen molar-refractivity contribution in [1.82, 2.24) is 5.32 Å². The van der Waals surface area contributed by atoms with E-state index in [9.17, 15) is 4.79 Å². The number of hydrogen-bond acceptors (Lipinski definition) is 3. The van der Waals surface area contributed by atoms with Crippen LogP contribution in [-0.4, -0.2) is 18.6 Å². The minimum absolute atomic E-state index is 0.152. The molecule has 2 aromatic carbocycles. The molecular formula is C20H25NO3. The SMILES string of the molecule is CCOc1ccccc1CNC(=O)C(C)Oc1ccc(C)cc1C. The van der Waals surface area contributed by atoms with Crippen LogP contribution in [0.4, 0.5) is 0 Å². The Morgan fingerprint density at radius 2 is 1.88 bits per heavy atom. The van der Waals surface area contributed by atoms with Gasteiger partial charge in [-0.3, -0.25) is 4.79 Å². The molecule has 0 aliphatic rings. The van der Waals surface area contributed by atoms with Crippen molar-refractivity contribution in [2.75, 3.05) is 6.61 Å². The molecule has 0 aliphatic heterocycles. The third-order valence-electron chi connectivity index (χ3n) is 3.73. The van der Waals surface area contributed by atoms with Crippen LogP contribution in [0.2, 0.25) is 0 Å². The summed E-state index contributed by atoms with van der Waals surface area (Å²) in [7, 11) is 0. The van der Waals surface area contributed by atoms with Crippen molar-refractivity contribution in [3.63, 3.8) is 0 Å². The van der Waals surface area contributed by atoms with Crippen LogP contribution in [0.15, 0.2) is 42.5 Å². The molecule has 0 saturated heterocycles. The van der Waals surface area contributed by atoms with Crippen LogP contribution in [0, 0.1) is 13.8 Å². The summed E-state index contributed by atoms with van der Waals surface area (Å²) in [4.78, 5) is 12.3. The van der Waals surface area contributed by atoms with E-state index < -0.39 is 6.10 Å². The number of amides is 1. The van der Waals surface area contributed by atoms with E-state index in [0.717, 1.165) is 22.6 Å². The first-order valence-corrected chi connectivity index (χ1v) is 8.23. The molecule has 24 heavy (non-hydrogen) atoms. The number of rotatable bonds is 7. The topological polar surface area (TPSA) is 47.6 Å². The molecule has 0 fully saturated rings. The van der Waals surface area contributed by atoms with E-state index >= 15 is 0 Å². The van der Waals surface area contributed by atoms with Crippen LogP contribution < -0.4 is 14.8 Å². The monoisotopic (exact) mass is 327 g/mol. The predicted molar refractivity (Wildman–Crippen MR) is 95.5 cm³/mol. The van der Waals surface area contributed by atoms with Crippen LogP contribution in [0.5, 0.6) is 11.5 Å². The van der Waals surface area contributed by atoms with Crippen LogP contribution in [-0.2, 0) is 11.3 Å². The first-order valence-electron chi connectivity index (χ1n) is 8.23. The second-order valence-corrected chi connectivity index (χ2v) is 5.79. The number of hydrogen-bond donors (Lipinski definition) is 1. The molecule has 1 N–H and O–H groups in total. The van der Waals surface area contributed by atoms with E-state index in [4.69, 9.17) is 9.47 Å². The highest BCUT2D eigenvalue weighted by molar-refractivity contribution is 5.80. The van der Waals surface area contributed by atoms with Gasteiger partial charge in [-0.1, -0.05) is 35.9 Å². The van der Waals surface area contributed by atoms with Crippen molar-refractivity contribution in [3.8, 4) is 11.5 Å². The standard InChI is InChI=1S/C20H25NO3/c1-5-23-19-9-7-6-8-17(19)13-21-20(22)16(4)24-18-11-10-14(2)12-15(18)3/h6-12,16H,5,13H2,1-4H3,(H,21,22). The summed E-state index contributed by atoms with van der Waals surface area (Å²) >= 11 is 0. The zero-order valence-electron chi connectivity index (χ0n) is 14.8. The maximum atomic E-state index is 12.3. The highest BCUT2D eigenvalue weighted by Gasteiger charge is 2.16. The maximum absolute atomic E-state index is 12.3. The molecule has 4 nitrogen and oxygen atoms in total. The summed E-state index contributed by atoms with van der Waals surface area (Å²) in [6, 6.07) is 13.6. The molecule has 0 spiro atoms. The van der Waals surface area contributed by atoms with Crippen molar-refractivity contribution in [3.05, 3.63) is 59.2 Å². The van der Waals surface area contributed by atoms with Gasteiger partial charge in [0, 0.05) is 12.1 Å². The molecule has 0 saturated carbocycles. The number of carbonyl (C=O) groups is 1. The molecule has 0 aliphatic carbocycles. The molecule has 128 valence electrons. The lowest BCUT2D eigenvalue weighted by Crippen LogP contribution is -2.36. The number of aryl methyl sites for hydroxylation is 2. The van der Waals surface area contributed by atoms with Gasteiger partial charge in [0.05, 0.1) is 6.61 Å². The highest BCUT2D eigenvalue weighted by atomic mass is 16.5. The summed E-state index contributed by atoms with van der Waals surface area (Å²) in [5.41, 5.74) is 3.15. The Hall–Kier alpha value is -2.49. The largest absolute Gasteiger partial charge is 0.494 e. The second kappa shape index (κ2) is 8.39. The van der Waals surface area contributed by atoms with Gasteiger partial charge in [0.2, 0.25) is 0 Å². The number of ether oxygens (including phenoxy) is 2. The first-order chi connectivity index (χ1) is 11.5. The number of nitrogens with one attached hydrogen (secondary N) is 1. The fourth-order valence-electron chi connectivity index (χ4n) is 2.45. The quantitative estimate of drug-likeness (QED) is 0.842. The molecule has 0 bridgehead atoms. The van der Waals surface area contributed by atoms with E-state index in [0.29, 0.717) is 13.2 Å². The molecule has 1 amide bonds. The zero-order chi connectivity index (χ0) is 17.5. The molecule has 0 heterocycles. The molecule has 0 aromatic heterocycles. The third-order valence-corrected chi connectivity index (χ3v) is 3.73. The van der Waals surface area contributed by atoms with Gasteiger partial charge in [-0.2, -0.15) is 0 Å². The molecule has 4 heteroatoms. The third kappa shape index (κ3) is 4.75. The summed E-state index contributed by atoms with van der Waals surface area (Å²) in [6.45, 7) is 8.71. The van der Waals surface area contributed by atoms with Crippen molar-refractivity contribution in [2.24, 2.45) is 0 Å². The summed E-state index contributed by atoms with van der Waals surface area (Å²) in [6.07, 6.45) is -0.564. The Kier molecular flexibility index (Phi) is 6.24. The maximum Gasteiger partial charge on any atom is 0.261 e. The van der Waals surface area contributed by atoms with E-state index in [1.54, 1.807) is 6.92 Å². The number of carbonyl (C=O) groups excluding carboxylic acids is 1. The van der Waals surface area contributed by atoms with E-state index in [2.05, 4.69) is 5.32 Å². The Balaban J connectivity index is 1.94. The normalized spacial score (nSPS) is 11.7. The minimum atomic E-state index is -0.564. The summed E-state index contributed by atoms with van der Waals surface area (Å²) in [5, 5.41) is 2.90. The van der Waals surface area contributed by atoms with E-state index in [1.165, 1.54) is 5.56 Å². The van der Waals surface area contributed by atoms with Gasteiger partial charge in [0.25, 0.3) is 5.91 Å². The van der Waals surface area contributed by atoms with Crippen molar-refractivity contribution in [1.29, 1.82) is 0 Å². The smallest absolute Gasteiger partial charge is 0.261 e. The molecule has 1 unspecified atom stereocenters. The highest BCUT2D eigenvalue weighted by Crippen LogP contribution is 2.20. The summed E-state index contributed by atoms with van der Waals surface area (Å²) < 4.78 is 11.4. The van der Waals surface area contributed by atoms with Crippen molar-refractivity contribution in [2.45, 2.75) is 40.3 Å². The van der Waals surface area contributed by atoms with E-state index in [-0.39, 0.29) is 5.91 Å². The minimum Gasteiger partial charge on any atom is -0.494 e. The second-order valence-electron chi connectivity index (χ2n) is 5.79. The van der Waals surface area contributed by atoms with E-state index in [1.807, 2.05) is 63.2 Å². The van der Waals surface area contributed by atoms with Gasteiger partial charge >= 0.3 is 0 Å². The average Bonchev–Trinajstić information content (AvgIpc) is 2.56. The van der Waals surface area contributed by atoms with Crippen LogP contribution in [0.3, 0.4) is 0 Å². The Morgan fingerprint density at radius 1 is 1.12 bits per heavy atom. The zero-order valence-corrected chi connectivity index (χ0v) is 14.8. The molecule has 0 radical (unpaired) electrons. The Morgan fingerprint density at radius 3 is 2.58 bits per heavy atom. The summed E-state index contributed by atoms with van der Waals surface area (Å²) in [5.74, 6) is 1.38. The first kappa shape index (κ1) is 17.9. The van der Waals surface area contributed by atoms with Gasteiger partial charge < -0.3 is 14.8 Å². The van der Waals surface area contributed by atoms with Gasteiger partial charge in [0.1, 0.15) is 11.5 Å². The fourth-order valence-corrected chi connectivity index (χ4v) is 2.45. The van der Waals surface area contributed by atoms with Crippen LogP contribution >= 0.6 is 0 Å². The number of benzene rings is 2. The Labute approximate surface area is 143 Å². The Bertz CT molecular complexity index is 697. The lowest BCUT2D eigenvalue weighted by atomic mass is 10.1. The number of para-hydroxylation sites is 1. The van der Waals surface area contributed by atoms with Gasteiger partial charge in [-0.05, 0) is 45.4 Å². The van der Waals surface area contributed by atoms with Crippen LogP contribution in [0.25, 0.3) is 0 Å². The molecule has 2 aromatic rings. The lowest BCUT2D eigenvalue weighted by Gasteiger charge is -2.17. The van der Waals surface area contributed by atoms with Gasteiger partial charge in [0.15, 0.2) is 6.10 Å². The predicted octanol–water partition coefficient (Wildman–Crippen LogP) is 3.79. The lowest BCUT2D eigenvalue weighted by molar-refractivity contribution is -0.127. The van der Waals surface area contributed by atoms with Crippen LogP contribution in [0.1, 0.15) is 30.5 Å². The van der Waals surface area contributed by atoms with Gasteiger partial charge in [-0.25, -0.2) is 0 Å². The molecule has 2 rings (SSSR count). The van der Waals surface area contributed by atoms with Crippen molar-refractivity contribution < 1.29 is 14.3 Å². The molecular weight excluding hydrogens is 302 g/mol. The van der Waals surface area contributed by atoms with Crippen molar-refractivity contribution >= 4 is 5.91 Å². The fraction of sp³-hybridized carbons (Fsp3) is 0.350. The molecule has 1 atom stereocenters. The van der Waals surface area contributed by atoms with Gasteiger partial charge in [-0.15, -0.1) is 0 Å².